The molecule has 2 aromatic heterocycles. The zero-order valence-corrected chi connectivity index (χ0v) is 18.3. The summed E-state index contributed by atoms with van der Waals surface area (Å²) in [5.74, 6) is 1.55. The van der Waals surface area contributed by atoms with Gasteiger partial charge in [0.15, 0.2) is 0 Å². The lowest BCUT2D eigenvalue weighted by Gasteiger charge is -2.38. The molecule has 0 radical (unpaired) electrons. The van der Waals surface area contributed by atoms with Gasteiger partial charge in [0, 0.05) is 53.3 Å². The summed E-state index contributed by atoms with van der Waals surface area (Å²) in [6.45, 7) is 8.16. The SMILES string of the molecule is COc1ccc(N2CCN(c3ccc(OC)nc3-c3cc(C)sc3C)CC2)cc1. The number of hydrogen-bond donors (Lipinski definition) is 0. The highest BCUT2D eigenvalue weighted by Crippen LogP contribution is 2.37. The van der Waals surface area contributed by atoms with Crippen molar-refractivity contribution in [1.82, 2.24) is 4.98 Å². The second kappa shape index (κ2) is 8.33. The number of thiophene rings is 1. The molecule has 3 heterocycles. The van der Waals surface area contributed by atoms with E-state index in [4.69, 9.17) is 14.5 Å². The third kappa shape index (κ3) is 4.03. The summed E-state index contributed by atoms with van der Waals surface area (Å²) in [7, 11) is 3.37. The van der Waals surface area contributed by atoms with Crippen molar-refractivity contribution in [3.05, 3.63) is 52.2 Å². The summed E-state index contributed by atoms with van der Waals surface area (Å²) in [4.78, 5) is 12.3. The molecule has 1 fully saturated rings. The number of nitrogens with zero attached hydrogens (tertiary/aromatic N) is 3. The normalized spacial score (nSPS) is 14.2. The van der Waals surface area contributed by atoms with Crippen LogP contribution in [0.15, 0.2) is 42.5 Å². The molecule has 3 aromatic rings. The largest absolute Gasteiger partial charge is 0.497 e. The van der Waals surface area contributed by atoms with E-state index in [-0.39, 0.29) is 0 Å². The molecule has 0 saturated carbocycles. The molecule has 1 aromatic carbocycles. The molecule has 0 N–H and O–H groups in total. The first-order valence-electron chi connectivity index (χ1n) is 9.85. The van der Waals surface area contributed by atoms with Crippen LogP contribution >= 0.6 is 11.3 Å². The molecule has 0 unspecified atom stereocenters. The number of benzene rings is 1. The molecule has 29 heavy (non-hydrogen) atoms. The number of aryl methyl sites for hydroxylation is 2. The van der Waals surface area contributed by atoms with E-state index in [2.05, 4.69) is 47.9 Å². The third-order valence-electron chi connectivity index (χ3n) is 5.41. The van der Waals surface area contributed by atoms with Crippen LogP contribution in [0.5, 0.6) is 11.6 Å². The molecule has 0 aliphatic carbocycles. The van der Waals surface area contributed by atoms with Crippen molar-refractivity contribution in [2.24, 2.45) is 0 Å². The van der Waals surface area contributed by atoms with Crippen LogP contribution in [0.4, 0.5) is 11.4 Å². The number of rotatable bonds is 5. The lowest BCUT2D eigenvalue weighted by molar-refractivity contribution is 0.398. The highest BCUT2D eigenvalue weighted by molar-refractivity contribution is 7.12. The van der Waals surface area contributed by atoms with Crippen LogP contribution in [0.3, 0.4) is 0 Å². The highest BCUT2D eigenvalue weighted by atomic mass is 32.1. The van der Waals surface area contributed by atoms with Gasteiger partial charge < -0.3 is 19.3 Å². The first kappa shape index (κ1) is 19.6. The number of anilines is 2. The van der Waals surface area contributed by atoms with Crippen molar-refractivity contribution in [3.8, 4) is 22.9 Å². The summed E-state index contributed by atoms with van der Waals surface area (Å²) in [6, 6.07) is 14.7. The van der Waals surface area contributed by atoms with Gasteiger partial charge in [0.25, 0.3) is 0 Å². The summed E-state index contributed by atoms with van der Waals surface area (Å²) in [5.41, 5.74) is 4.65. The Bertz CT molecular complexity index is 976. The fourth-order valence-electron chi connectivity index (χ4n) is 3.87. The van der Waals surface area contributed by atoms with Crippen LogP contribution in [-0.2, 0) is 0 Å². The van der Waals surface area contributed by atoms with Crippen LogP contribution in [0.1, 0.15) is 9.75 Å². The Kier molecular flexibility index (Phi) is 5.62. The topological polar surface area (TPSA) is 37.8 Å². The zero-order valence-electron chi connectivity index (χ0n) is 17.4. The van der Waals surface area contributed by atoms with Gasteiger partial charge >= 0.3 is 0 Å². The number of pyridine rings is 1. The minimum Gasteiger partial charge on any atom is -0.497 e. The van der Waals surface area contributed by atoms with Gasteiger partial charge in [0.05, 0.1) is 25.6 Å². The third-order valence-corrected chi connectivity index (χ3v) is 6.38. The monoisotopic (exact) mass is 409 g/mol. The second-order valence-electron chi connectivity index (χ2n) is 7.22. The van der Waals surface area contributed by atoms with Crippen LogP contribution in [0, 0.1) is 13.8 Å². The van der Waals surface area contributed by atoms with E-state index in [0.717, 1.165) is 37.6 Å². The van der Waals surface area contributed by atoms with Crippen molar-refractivity contribution in [1.29, 1.82) is 0 Å². The molecule has 0 amide bonds. The Hall–Kier alpha value is -2.73. The maximum absolute atomic E-state index is 5.41. The van der Waals surface area contributed by atoms with Gasteiger partial charge in [-0.2, -0.15) is 0 Å². The quantitative estimate of drug-likeness (QED) is 0.607. The predicted octanol–water partition coefficient (Wildman–Crippen LogP) is 4.77. The summed E-state index contributed by atoms with van der Waals surface area (Å²) >= 11 is 1.82. The number of ether oxygens (including phenoxy) is 2. The maximum atomic E-state index is 5.41. The van der Waals surface area contributed by atoms with Gasteiger partial charge in [-0.1, -0.05) is 0 Å². The molecule has 1 aliphatic rings. The molecule has 1 aliphatic heterocycles. The minimum atomic E-state index is 0.656. The second-order valence-corrected chi connectivity index (χ2v) is 8.68. The Balaban J connectivity index is 1.57. The predicted molar refractivity (Wildman–Crippen MR) is 121 cm³/mol. The van der Waals surface area contributed by atoms with E-state index in [1.807, 2.05) is 29.5 Å². The number of methoxy groups -OCH3 is 2. The van der Waals surface area contributed by atoms with Gasteiger partial charge in [0.2, 0.25) is 5.88 Å². The van der Waals surface area contributed by atoms with E-state index in [0.29, 0.717) is 5.88 Å². The van der Waals surface area contributed by atoms with Gasteiger partial charge in [-0.25, -0.2) is 4.98 Å². The van der Waals surface area contributed by atoms with Gasteiger partial charge in [-0.05, 0) is 50.2 Å². The molecule has 0 atom stereocenters. The van der Waals surface area contributed by atoms with Crippen LogP contribution < -0.4 is 19.3 Å². The maximum Gasteiger partial charge on any atom is 0.213 e. The Morgan fingerprint density at radius 2 is 1.55 bits per heavy atom. The molecule has 6 heteroatoms. The zero-order chi connectivity index (χ0) is 20.4. The Labute approximate surface area is 176 Å². The summed E-state index contributed by atoms with van der Waals surface area (Å²) < 4.78 is 10.7. The van der Waals surface area contributed by atoms with E-state index in [9.17, 15) is 0 Å². The highest BCUT2D eigenvalue weighted by Gasteiger charge is 2.22. The molecule has 0 spiro atoms. The van der Waals surface area contributed by atoms with Crippen molar-refractivity contribution < 1.29 is 9.47 Å². The first-order chi connectivity index (χ1) is 14.1. The van der Waals surface area contributed by atoms with Crippen molar-refractivity contribution in [3.63, 3.8) is 0 Å². The smallest absolute Gasteiger partial charge is 0.213 e. The standard InChI is InChI=1S/C23H27N3O2S/c1-16-15-20(17(2)29-16)23-21(9-10-22(24-23)28-4)26-13-11-25(12-14-26)18-5-7-19(27-3)8-6-18/h5-10,15H,11-14H2,1-4H3. The molecule has 152 valence electrons. The van der Waals surface area contributed by atoms with Crippen LogP contribution in [0.2, 0.25) is 0 Å². The fraction of sp³-hybridized carbons (Fsp3) is 0.348. The molecule has 1 saturated heterocycles. The first-order valence-corrected chi connectivity index (χ1v) is 10.7. The minimum absolute atomic E-state index is 0.656. The Morgan fingerprint density at radius 3 is 2.14 bits per heavy atom. The molecular weight excluding hydrogens is 382 g/mol. The van der Waals surface area contributed by atoms with Crippen molar-refractivity contribution in [2.45, 2.75) is 13.8 Å². The van der Waals surface area contributed by atoms with Crippen molar-refractivity contribution in [2.75, 3.05) is 50.2 Å². The average Bonchev–Trinajstić information content (AvgIpc) is 3.11. The van der Waals surface area contributed by atoms with E-state index >= 15 is 0 Å². The number of aromatic nitrogens is 1. The van der Waals surface area contributed by atoms with Gasteiger partial charge in [-0.3, -0.25) is 0 Å². The lowest BCUT2D eigenvalue weighted by atomic mass is 10.1. The Morgan fingerprint density at radius 1 is 0.862 bits per heavy atom. The fourth-order valence-corrected chi connectivity index (χ4v) is 4.79. The van der Waals surface area contributed by atoms with Gasteiger partial charge in [-0.15, -0.1) is 11.3 Å². The molecule has 5 nitrogen and oxygen atoms in total. The lowest BCUT2D eigenvalue weighted by Crippen LogP contribution is -2.46. The van der Waals surface area contributed by atoms with Crippen LogP contribution in [-0.4, -0.2) is 45.4 Å². The number of piperazine rings is 1. The molecular formula is C23H27N3O2S. The van der Waals surface area contributed by atoms with Crippen molar-refractivity contribution >= 4 is 22.7 Å². The van der Waals surface area contributed by atoms with Crippen LogP contribution in [0.25, 0.3) is 11.3 Å². The van der Waals surface area contributed by atoms with E-state index in [1.54, 1.807) is 14.2 Å². The summed E-state index contributed by atoms with van der Waals surface area (Å²) in [6.07, 6.45) is 0. The summed E-state index contributed by atoms with van der Waals surface area (Å²) in [5, 5.41) is 0. The molecule has 0 bridgehead atoms. The molecule has 4 rings (SSSR count). The van der Waals surface area contributed by atoms with Gasteiger partial charge in [0.1, 0.15) is 5.75 Å². The number of hydrogen-bond acceptors (Lipinski definition) is 6. The average molecular weight is 410 g/mol. The van der Waals surface area contributed by atoms with E-state index in [1.165, 1.54) is 26.7 Å². The van der Waals surface area contributed by atoms with E-state index < -0.39 is 0 Å².